The van der Waals surface area contributed by atoms with Gasteiger partial charge in [0.25, 0.3) is 6.48 Å². The molecule has 0 aliphatic carbocycles. The van der Waals surface area contributed by atoms with E-state index in [-0.39, 0.29) is 29.6 Å². The van der Waals surface area contributed by atoms with Crippen molar-refractivity contribution in [2.45, 2.75) is 6.48 Å². The van der Waals surface area contributed by atoms with Crippen LogP contribution in [0.2, 0.25) is 0 Å². The second kappa shape index (κ2) is 8.21. The van der Waals surface area contributed by atoms with Crippen molar-refractivity contribution in [2.75, 3.05) is 20.9 Å². The van der Waals surface area contributed by atoms with Crippen molar-refractivity contribution in [3.8, 4) is 0 Å². The van der Waals surface area contributed by atoms with E-state index in [1.54, 1.807) is 0 Å². The molecule has 4 nitrogen and oxygen atoms in total. The van der Waals surface area contributed by atoms with Gasteiger partial charge >= 0.3 is 29.6 Å². The Labute approximate surface area is 83.4 Å². The van der Waals surface area contributed by atoms with E-state index < -0.39 is 14.5 Å². The molecule has 0 aliphatic heterocycles. The van der Waals surface area contributed by atoms with Crippen LogP contribution < -0.4 is 0 Å². The molecule has 0 amide bonds. The molecule has 0 saturated carbocycles. The van der Waals surface area contributed by atoms with Crippen LogP contribution in [0.3, 0.4) is 0 Å². The van der Waals surface area contributed by atoms with E-state index in [1.807, 2.05) is 0 Å². The van der Waals surface area contributed by atoms with Crippen molar-refractivity contribution in [3.05, 3.63) is 0 Å². The van der Waals surface area contributed by atoms with E-state index in [1.165, 1.54) is 20.9 Å². The van der Waals surface area contributed by atoms with Gasteiger partial charge in [-0.05, 0) is 0 Å². The van der Waals surface area contributed by atoms with Gasteiger partial charge in [0.2, 0.25) is 0 Å². The molecule has 58 valence electrons. The number of ether oxygens (including phenoxy) is 2. The van der Waals surface area contributed by atoms with Crippen LogP contribution in [0.15, 0.2) is 0 Å². The molecule has 0 saturated heterocycles. The molecule has 0 bridgehead atoms. The van der Waals surface area contributed by atoms with Gasteiger partial charge < -0.3 is 9.47 Å². The molecule has 0 N–H and O–H groups in total. The molecule has 0 fully saturated rings. The Balaban J connectivity index is 0. The standard InChI is InChI=1S/C4H11O4P.Na.H/c1-6-4(7-2)8-9(3)5;;/h4,9H,1-3H3;;. The topological polar surface area (TPSA) is 44.8 Å². The predicted octanol–water partition coefficient (Wildman–Crippen LogP) is 0.0354. The summed E-state index contributed by atoms with van der Waals surface area (Å²) in [6.45, 7) is 0.678. The zero-order valence-corrected chi connectivity index (χ0v) is 6.71. The molecular formula is C4H12NaO4P. The number of methoxy groups -OCH3 is 2. The normalized spacial score (nSPS) is 12.8. The van der Waals surface area contributed by atoms with Crippen LogP contribution in [0.1, 0.15) is 0 Å². The zero-order valence-electron chi connectivity index (χ0n) is 5.71. The van der Waals surface area contributed by atoms with Crippen LogP contribution in [-0.2, 0) is 18.6 Å². The Morgan fingerprint density at radius 3 is 1.80 bits per heavy atom. The number of hydrogen-bond donors (Lipinski definition) is 0. The molecule has 0 rings (SSSR count). The van der Waals surface area contributed by atoms with E-state index >= 15 is 0 Å². The monoisotopic (exact) mass is 178 g/mol. The fourth-order valence-electron chi connectivity index (χ4n) is 0.328. The molecular weight excluding hydrogens is 166 g/mol. The predicted molar refractivity (Wildman–Crippen MR) is 41.0 cm³/mol. The van der Waals surface area contributed by atoms with Crippen LogP contribution >= 0.6 is 8.03 Å². The maximum absolute atomic E-state index is 10.4. The van der Waals surface area contributed by atoms with Crippen LogP contribution in [0, 0.1) is 0 Å². The van der Waals surface area contributed by atoms with Crippen LogP contribution in [0.25, 0.3) is 0 Å². The Morgan fingerprint density at radius 2 is 1.70 bits per heavy atom. The van der Waals surface area contributed by atoms with Gasteiger partial charge in [-0.2, -0.15) is 0 Å². The Morgan fingerprint density at radius 1 is 1.30 bits per heavy atom. The van der Waals surface area contributed by atoms with Crippen molar-refractivity contribution in [3.63, 3.8) is 0 Å². The van der Waals surface area contributed by atoms with Crippen molar-refractivity contribution in [2.24, 2.45) is 0 Å². The average Bonchev–Trinajstić information content (AvgIpc) is 1.82. The molecule has 0 spiro atoms. The van der Waals surface area contributed by atoms with Crippen LogP contribution in [0.5, 0.6) is 0 Å². The number of hydrogen-bond acceptors (Lipinski definition) is 4. The van der Waals surface area contributed by atoms with E-state index in [9.17, 15) is 4.57 Å². The van der Waals surface area contributed by atoms with Crippen molar-refractivity contribution >= 4 is 37.6 Å². The molecule has 0 aromatic carbocycles. The Hall–Kier alpha value is 1.11. The molecule has 0 aliphatic rings. The van der Waals surface area contributed by atoms with Crippen LogP contribution in [0.4, 0.5) is 0 Å². The third kappa shape index (κ3) is 7.22. The maximum atomic E-state index is 10.4. The third-order valence-electron chi connectivity index (χ3n) is 0.647. The second-order valence-corrected chi connectivity index (χ2v) is 2.59. The molecule has 6 heteroatoms. The van der Waals surface area contributed by atoms with Crippen LogP contribution in [-0.4, -0.2) is 56.9 Å². The summed E-state index contributed by atoms with van der Waals surface area (Å²) in [6.07, 6.45) is 0. The first-order valence-electron chi connectivity index (χ1n) is 2.43. The molecule has 1 unspecified atom stereocenters. The first kappa shape index (κ1) is 13.7. The van der Waals surface area contributed by atoms with Gasteiger partial charge in [-0.1, -0.05) is 0 Å². The SMILES string of the molecule is COC(OC)O[PH](C)=O.[NaH]. The fourth-order valence-corrected chi connectivity index (χ4v) is 0.791. The summed E-state index contributed by atoms with van der Waals surface area (Å²) >= 11 is 0. The molecule has 0 radical (unpaired) electrons. The van der Waals surface area contributed by atoms with E-state index in [0.717, 1.165) is 0 Å². The summed E-state index contributed by atoms with van der Waals surface area (Å²) in [6, 6.07) is 0. The summed E-state index contributed by atoms with van der Waals surface area (Å²) in [5, 5.41) is 0. The average molecular weight is 178 g/mol. The van der Waals surface area contributed by atoms with Crippen molar-refractivity contribution in [1.82, 2.24) is 0 Å². The number of rotatable bonds is 4. The summed E-state index contributed by atoms with van der Waals surface area (Å²) in [4.78, 5) is 0. The molecule has 0 heterocycles. The van der Waals surface area contributed by atoms with Gasteiger partial charge in [-0.3, -0.25) is 9.09 Å². The van der Waals surface area contributed by atoms with Gasteiger partial charge in [-0.25, -0.2) is 0 Å². The summed E-state index contributed by atoms with van der Waals surface area (Å²) in [5.41, 5.74) is 0. The van der Waals surface area contributed by atoms with Crippen molar-refractivity contribution in [1.29, 1.82) is 0 Å². The third-order valence-corrected chi connectivity index (χ3v) is 1.17. The quantitative estimate of drug-likeness (QED) is 0.346. The fraction of sp³-hybridized carbons (Fsp3) is 1.00. The Bertz CT molecular complexity index is 95.3. The van der Waals surface area contributed by atoms with Gasteiger partial charge in [0, 0.05) is 20.9 Å². The molecule has 0 aromatic rings. The summed E-state index contributed by atoms with van der Waals surface area (Å²) in [7, 11) is 0.874. The Kier molecular flexibility index (Phi) is 11.2. The molecule has 0 aromatic heterocycles. The zero-order chi connectivity index (χ0) is 7.28. The molecule has 1 atom stereocenters. The summed E-state index contributed by atoms with van der Waals surface area (Å²) in [5.74, 6) is 0. The first-order chi connectivity index (χ1) is 4.20. The van der Waals surface area contributed by atoms with E-state index in [4.69, 9.17) is 0 Å². The van der Waals surface area contributed by atoms with E-state index in [2.05, 4.69) is 14.0 Å². The van der Waals surface area contributed by atoms with E-state index in [0.29, 0.717) is 0 Å². The summed E-state index contributed by atoms with van der Waals surface area (Å²) < 4.78 is 24.2. The van der Waals surface area contributed by atoms with Gasteiger partial charge in [0.05, 0.1) is 0 Å². The minimum absolute atomic E-state index is 0. The first-order valence-corrected chi connectivity index (χ1v) is 4.25. The second-order valence-electron chi connectivity index (χ2n) is 1.37. The van der Waals surface area contributed by atoms with Gasteiger partial charge in [-0.15, -0.1) is 0 Å². The van der Waals surface area contributed by atoms with Crippen molar-refractivity contribution < 1.29 is 18.6 Å². The minimum atomic E-state index is -1.96. The van der Waals surface area contributed by atoms with Gasteiger partial charge in [0.1, 0.15) is 0 Å². The van der Waals surface area contributed by atoms with Gasteiger partial charge in [0.15, 0.2) is 8.03 Å². The molecule has 10 heavy (non-hydrogen) atoms.